The Bertz CT molecular complexity index is 467. The summed E-state index contributed by atoms with van der Waals surface area (Å²) < 4.78 is 0. The van der Waals surface area contributed by atoms with Crippen molar-refractivity contribution in [3.8, 4) is 11.5 Å². The summed E-state index contributed by atoms with van der Waals surface area (Å²) in [6.07, 6.45) is 8.82. The highest BCUT2D eigenvalue weighted by atomic mass is 16.3. The average molecular weight is 291 g/mol. The van der Waals surface area contributed by atoms with Crippen molar-refractivity contribution in [1.29, 1.82) is 0 Å². The topological polar surface area (TPSA) is 69.6 Å². The molecule has 0 aliphatic heterocycles. The Labute approximate surface area is 126 Å². The van der Waals surface area contributed by atoms with E-state index in [-0.39, 0.29) is 17.4 Å². The normalized spacial score (nSPS) is 15.2. The summed E-state index contributed by atoms with van der Waals surface area (Å²) in [4.78, 5) is 11.7. The maximum absolute atomic E-state index is 11.7. The number of rotatable bonds is 7. The molecule has 0 radical (unpaired) electrons. The number of amides is 1. The molecular weight excluding hydrogens is 266 g/mol. The van der Waals surface area contributed by atoms with Crippen molar-refractivity contribution in [3.05, 3.63) is 23.8 Å². The van der Waals surface area contributed by atoms with Gasteiger partial charge in [-0.05, 0) is 42.9 Å². The highest BCUT2D eigenvalue weighted by Crippen LogP contribution is 2.28. The van der Waals surface area contributed by atoms with Crippen LogP contribution in [0.2, 0.25) is 0 Å². The lowest BCUT2D eigenvalue weighted by Gasteiger charge is -2.09. The molecule has 1 saturated carbocycles. The lowest BCUT2D eigenvalue weighted by Crippen LogP contribution is -2.25. The Morgan fingerprint density at radius 2 is 1.95 bits per heavy atom. The third-order valence-electron chi connectivity index (χ3n) is 4.27. The molecule has 21 heavy (non-hydrogen) atoms. The number of carbonyl (C=O) groups excluding carboxylic acids is 1. The Morgan fingerprint density at radius 3 is 2.67 bits per heavy atom. The molecule has 0 bridgehead atoms. The van der Waals surface area contributed by atoms with Gasteiger partial charge in [0.2, 0.25) is 5.91 Å². The SMILES string of the molecule is O=C(CCCC1CCCC1)NCCc1ccc(O)c(O)c1. The Hall–Kier alpha value is -1.71. The van der Waals surface area contributed by atoms with Gasteiger partial charge in [-0.1, -0.05) is 31.7 Å². The molecule has 1 amide bonds. The largest absolute Gasteiger partial charge is 0.504 e. The standard InChI is InChI=1S/C17H25NO3/c19-15-9-8-14(12-16(15)20)10-11-18-17(21)7-3-6-13-4-1-2-5-13/h8-9,12-13,19-20H,1-7,10-11H2,(H,18,21). The Morgan fingerprint density at radius 1 is 1.19 bits per heavy atom. The summed E-state index contributed by atoms with van der Waals surface area (Å²) in [6.45, 7) is 0.562. The van der Waals surface area contributed by atoms with Gasteiger partial charge in [0, 0.05) is 13.0 Å². The van der Waals surface area contributed by atoms with Gasteiger partial charge in [0.25, 0.3) is 0 Å². The lowest BCUT2D eigenvalue weighted by atomic mass is 10.0. The molecule has 2 rings (SSSR count). The number of aromatic hydroxyl groups is 2. The molecule has 1 aliphatic rings. The first-order chi connectivity index (χ1) is 10.1. The fraction of sp³-hybridized carbons (Fsp3) is 0.588. The summed E-state index contributed by atoms with van der Waals surface area (Å²) in [5, 5.41) is 21.5. The van der Waals surface area contributed by atoms with E-state index in [1.54, 1.807) is 6.07 Å². The van der Waals surface area contributed by atoms with Gasteiger partial charge in [0.1, 0.15) is 0 Å². The molecule has 3 N–H and O–H groups in total. The number of carbonyl (C=O) groups is 1. The van der Waals surface area contributed by atoms with E-state index >= 15 is 0 Å². The van der Waals surface area contributed by atoms with Crippen LogP contribution in [0.25, 0.3) is 0 Å². The fourth-order valence-corrected chi connectivity index (χ4v) is 3.01. The summed E-state index contributed by atoms with van der Waals surface area (Å²) >= 11 is 0. The first-order valence-electron chi connectivity index (χ1n) is 7.92. The zero-order valence-corrected chi connectivity index (χ0v) is 12.5. The van der Waals surface area contributed by atoms with Crippen LogP contribution < -0.4 is 5.32 Å². The zero-order chi connectivity index (χ0) is 15.1. The second-order valence-electron chi connectivity index (χ2n) is 5.97. The van der Waals surface area contributed by atoms with Crippen molar-refractivity contribution in [2.45, 2.75) is 51.4 Å². The van der Waals surface area contributed by atoms with E-state index in [1.165, 1.54) is 44.2 Å². The van der Waals surface area contributed by atoms with E-state index < -0.39 is 0 Å². The van der Waals surface area contributed by atoms with Gasteiger partial charge in [-0.25, -0.2) is 0 Å². The molecule has 1 aromatic rings. The number of hydrogen-bond donors (Lipinski definition) is 3. The van der Waals surface area contributed by atoms with Gasteiger partial charge in [0.15, 0.2) is 11.5 Å². The number of hydrogen-bond acceptors (Lipinski definition) is 3. The minimum absolute atomic E-state index is 0.107. The fourth-order valence-electron chi connectivity index (χ4n) is 3.01. The molecule has 1 aliphatic carbocycles. The maximum atomic E-state index is 11.7. The first-order valence-corrected chi connectivity index (χ1v) is 7.92. The molecule has 0 aromatic heterocycles. The van der Waals surface area contributed by atoms with Crippen LogP contribution in [0.3, 0.4) is 0 Å². The Kier molecular flexibility index (Phi) is 5.90. The molecule has 0 saturated heterocycles. The minimum atomic E-state index is -0.116. The van der Waals surface area contributed by atoms with E-state index in [4.69, 9.17) is 0 Å². The van der Waals surface area contributed by atoms with Crippen LogP contribution in [-0.4, -0.2) is 22.7 Å². The predicted molar refractivity (Wildman–Crippen MR) is 82.3 cm³/mol. The number of phenols is 2. The van der Waals surface area contributed by atoms with Gasteiger partial charge >= 0.3 is 0 Å². The lowest BCUT2D eigenvalue weighted by molar-refractivity contribution is -0.121. The van der Waals surface area contributed by atoms with Crippen molar-refractivity contribution >= 4 is 5.91 Å². The van der Waals surface area contributed by atoms with Crippen molar-refractivity contribution in [2.24, 2.45) is 5.92 Å². The van der Waals surface area contributed by atoms with Gasteiger partial charge in [-0.3, -0.25) is 4.79 Å². The van der Waals surface area contributed by atoms with Gasteiger partial charge in [0.05, 0.1) is 0 Å². The van der Waals surface area contributed by atoms with Crippen LogP contribution in [0.1, 0.15) is 50.5 Å². The van der Waals surface area contributed by atoms with Crippen LogP contribution in [0, 0.1) is 5.92 Å². The van der Waals surface area contributed by atoms with E-state index in [1.807, 2.05) is 0 Å². The van der Waals surface area contributed by atoms with Gasteiger partial charge < -0.3 is 15.5 Å². The zero-order valence-electron chi connectivity index (χ0n) is 12.5. The highest BCUT2D eigenvalue weighted by molar-refractivity contribution is 5.75. The second kappa shape index (κ2) is 7.91. The van der Waals surface area contributed by atoms with E-state index in [2.05, 4.69) is 5.32 Å². The van der Waals surface area contributed by atoms with Crippen molar-refractivity contribution < 1.29 is 15.0 Å². The number of benzene rings is 1. The first kappa shape index (κ1) is 15.7. The predicted octanol–water partition coefficient (Wildman–Crippen LogP) is 3.12. The summed E-state index contributed by atoms with van der Waals surface area (Å²) in [5.74, 6) is 0.721. The molecule has 0 spiro atoms. The van der Waals surface area contributed by atoms with Gasteiger partial charge in [-0.15, -0.1) is 0 Å². The van der Waals surface area contributed by atoms with Gasteiger partial charge in [-0.2, -0.15) is 0 Å². The van der Waals surface area contributed by atoms with E-state index in [0.717, 1.165) is 17.9 Å². The molecule has 1 fully saturated rings. The van der Waals surface area contributed by atoms with Crippen molar-refractivity contribution in [2.75, 3.05) is 6.54 Å². The van der Waals surface area contributed by atoms with Crippen LogP contribution in [0.15, 0.2) is 18.2 Å². The summed E-state index contributed by atoms with van der Waals surface area (Å²) in [6, 6.07) is 4.75. The monoisotopic (exact) mass is 291 g/mol. The smallest absolute Gasteiger partial charge is 0.220 e. The Balaban J connectivity index is 1.59. The summed E-state index contributed by atoms with van der Waals surface area (Å²) in [5.41, 5.74) is 0.900. The molecule has 1 aromatic carbocycles. The third-order valence-corrected chi connectivity index (χ3v) is 4.27. The third kappa shape index (κ3) is 5.29. The molecule has 0 unspecified atom stereocenters. The minimum Gasteiger partial charge on any atom is -0.504 e. The highest BCUT2D eigenvalue weighted by Gasteiger charge is 2.14. The molecule has 116 valence electrons. The van der Waals surface area contributed by atoms with Crippen molar-refractivity contribution in [1.82, 2.24) is 5.32 Å². The average Bonchev–Trinajstić information content (AvgIpc) is 2.96. The van der Waals surface area contributed by atoms with Crippen LogP contribution in [0.4, 0.5) is 0 Å². The van der Waals surface area contributed by atoms with E-state index in [9.17, 15) is 15.0 Å². The van der Waals surface area contributed by atoms with Crippen LogP contribution in [-0.2, 0) is 11.2 Å². The second-order valence-corrected chi connectivity index (χ2v) is 5.97. The number of phenolic OH excluding ortho intramolecular Hbond substituents is 2. The molecule has 4 heteroatoms. The quantitative estimate of drug-likeness (QED) is 0.676. The summed E-state index contributed by atoms with van der Waals surface area (Å²) in [7, 11) is 0. The maximum Gasteiger partial charge on any atom is 0.220 e. The van der Waals surface area contributed by atoms with Crippen molar-refractivity contribution in [3.63, 3.8) is 0 Å². The molecule has 0 heterocycles. The van der Waals surface area contributed by atoms with Crippen LogP contribution >= 0.6 is 0 Å². The van der Waals surface area contributed by atoms with Crippen LogP contribution in [0.5, 0.6) is 11.5 Å². The molecule has 4 nitrogen and oxygen atoms in total. The number of nitrogens with one attached hydrogen (secondary N) is 1. The van der Waals surface area contributed by atoms with E-state index in [0.29, 0.717) is 19.4 Å². The molecule has 0 atom stereocenters. The molecular formula is C17H25NO3.